The molecule has 1 unspecified atom stereocenters. The molecule has 0 aromatic heterocycles. The Morgan fingerprint density at radius 1 is 0.826 bits per heavy atom. The maximum Gasteiger partial charge on any atom is 0.316 e. The molecule has 7 nitrogen and oxygen atoms in total. The standard InChI is InChI=1S/C9H14O4.C6H10O3.Na/c1-4-13-9(12)8(7(3)11)5-6(2)10;1-3-9-6(8)4-5(2)7;/h8H,4-5H2,1-3H3;3-4H2,1-2H3;. The first-order valence-corrected chi connectivity index (χ1v) is 6.97. The summed E-state index contributed by atoms with van der Waals surface area (Å²) in [6.45, 7) is 7.91. The molecule has 23 heavy (non-hydrogen) atoms. The molecule has 0 N–H and O–H groups in total. The predicted molar refractivity (Wildman–Crippen MR) is 83.8 cm³/mol. The molecule has 0 bridgehead atoms. The number of carbonyl (C=O) groups excluding carboxylic acids is 5. The van der Waals surface area contributed by atoms with E-state index in [1.165, 1.54) is 20.8 Å². The van der Waals surface area contributed by atoms with Gasteiger partial charge < -0.3 is 9.47 Å². The van der Waals surface area contributed by atoms with Gasteiger partial charge in [-0.15, -0.1) is 0 Å². The summed E-state index contributed by atoms with van der Waals surface area (Å²) in [5.74, 6) is -2.64. The Kier molecular flexibility index (Phi) is 18.5. The van der Waals surface area contributed by atoms with Crippen LogP contribution in [0.5, 0.6) is 0 Å². The van der Waals surface area contributed by atoms with Crippen LogP contribution in [-0.4, -0.2) is 72.1 Å². The van der Waals surface area contributed by atoms with Gasteiger partial charge in [0.1, 0.15) is 29.7 Å². The maximum absolute atomic E-state index is 11.1. The number of Topliss-reactive ketones (excluding diaryl/α,β-unsaturated/α-hetero) is 3. The summed E-state index contributed by atoms with van der Waals surface area (Å²) in [5.41, 5.74) is 0. The van der Waals surface area contributed by atoms with E-state index in [2.05, 4.69) is 9.47 Å². The monoisotopic (exact) mass is 339 g/mol. The molecule has 0 aliphatic carbocycles. The largest absolute Gasteiger partial charge is 0.466 e. The van der Waals surface area contributed by atoms with E-state index < -0.39 is 17.9 Å². The second kappa shape index (κ2) is 15.8. The van der Waals surface area contributed by atoms with E-state index in [1.54, 1.807) is 13.8 Å². The van der Waals surface area contributed by atoms with Crippen molar-refractivity contribution in [2.75, 3.05) is 13.2 Å². The van der Waals surface area contributed by atoms with Gasteiger partial charge in [0.15, 0.2) is 0 Å². The summed E-state index contributed by atoms with van der Waals surface area (Å²) in [6, 6.07) is 0. The first-order valence-electron chi connectivity index (χ1n) is 6.97. The van der Waals surface area contributed by atoms with Crippen molar-refractivity contribution in [1.29, 1.82) is 0 Å². The molecule has 1 radical (unpaired) electrons. The topological polar surface area (TPSA) is 104 Å². The number of rotatable bonds is 8. The average molecular weight is 339 g/mol. The summed E-state index contributed by atoms with van der Waals surface area (Å²) in [6.07, 6.45) is -0.165. The molecule has 0 saturated carbocycles. The first kappa shape index (κ1) is 26.8. The quantitative estimate of drug-likeness (QED) is 0.367. The molecule has 0 saturated heterocycles. The molecule has 0 aliphatic heterocycles. The van der Waals surface area contributed by atoms with Crippen molar-refractivity contribution in [3.8, 4) is 0 Å². The van der Waals surface area contributed by atoms with E-state index in [0.29, 0.717) is 6.61 Å². The molecule has 0 spiro atoms. The minimum atomic E-state index is -0.919. The molecule has 0 amide bonds. The molecule has 0 heterocycles. The molecule has 1 atom stereocenters. The van der Waals surface area contributed by atoms with E-state index in [9.17, 15) is 24.0 Å². The van der Waals surface area contributed by atoms with Crippen LogP contribution in [0, 0.1) is 5.92 Å². The van der Waals surface area contributed by atoms with Crippen molar-refractivity contribution in [3.05, 3.63) is 0 Å². The Hall–Kier alpha value is -1.05. The van der Waals surface area contributed by atoms with Crippen molar-refractivity contribution in [1.82, 2.24) is 0 Å². The zero-order valence-electron chi connectivity index (χ0n) is 14.8. The van der Waals surface area contributed by atoms with Crippen molar-refractivity contribution >= 4 is 58.8 Å². The fourth-order valence-corrected chi connectivity index (χ4v) is 1.34. The van der Waals surface area contributed by atoms with Gasteiger partial charge in [-0.3, -0.25) is 24.0 Å². The number of ether oxygens (including phenoxy) is 2. The van der Waals surface area contributed by atoms with Gasteiger partial charge in [-0.1, -0.05) is 0 Å². The minimum absolute atomic E-state index is 0. The van der Waals surface area contributed by atoms with Crippen LogP contribution in [0.15, 0.2) is 0 Å². The van der Waals surface area contributed by atoms with Crippen LogP contribution in [0.25, 0.3) is 0 Å². The molecule has 127 valence electrons. The predicted octanol–water partition coefficient (Wildman–Crippen LogP) is 0.882. The average Bonchev–Trinajstić information content (AvgIpc) is 2.35. The van der Waals surface area contributed by atoms with E-state index in [-0.39, 0.29) is 66.4 Å². The number of ketones is 3. The second-order valence-electron chi connectivity index (χ2n) is 4.51. The van der Waals surface area contributed by atoms with Crippen LogP contribution in [0.4, 0.5) is 0 Å². The first-order chi connectivity index (χ1) is 10.1. The van der Waals surface area contributed by atoms with Gasteiger partial charge in [0.2, 0.25) is 0 Å². The fourth-order valence-electron chi connectivity index (χ4n) is 1.34. The van der Waals surface area contributed by atoms with Crippen LogP contribution in [-0.2, 0) is 33.4 Å². The molecule has 0 fully saturated rings. The Morgan fingerprint density at radius 2 is 1.30 bits per heavy atom. The van der Waals surface area contributed by atoms with Gasteiger partial charge in [0.05, 0.1) is 13.2 Å². The van der Waals surface area contributed by atoms with Crippen LogP contribution < -0.4 is 0 Å². The fraction of sp³-hybridized carbons (Fsp3) is 0.667. The minimum Gasteiger partial charge on any atom is -0.466 e. The molecule has 0 aromatic rings. The van der Waals surface area contributed by atoms with E-state index in [0.717, 1.165) is 0 Å². The summed E-state index contributed by atoms with van der Waals surface area (Å²) in [7, 11) is 0. The Morgan fingerprint density at radius 3 is 1.61 bits per heavy atom. The third kappa shape index (κ3) is 17.1. The van der Waals surface area contributed by atoms with Crippen molar-refractivity contribution < 1.29 is 33.4 Å². The van der Waals surface area contributed by atoms with Gasteiger partial charge >= 0.3 is 11.9 Å². The molecule has 0 aromatic carbocycles. The third-order valence-electron chi connectivity index (χ3n) is 2.25. The maximum atomic E-state index is 11.1. The number of carbonyl (C=O) groups is 5. The van der Waals surface area contributed by atoms with Gasteiger partial charge in [0.25, 0.3) is 0 Å². The van der Waals surface area contributed by atoms with E-state index >= 15 is 0 Å². The van der Waals surface area contributed by atoms with E-state index in [1.807, 2.05) is 0 Å². The SMILES string of the molecule is CCOC(=O)C(CC(C)=O)C(C)=O.CCOC(=O)CC(C)=O.[Na]. The second-order valence-corrected chi connectivity index (χ2v) is 4.51. The van der Waals surface area contributed by atoms with Crippen LogP contribution >= 0.6 is 0 Å². The van der Waals surface area contributed by atoms with Crippen LogP contribution in [0.3, 0.4) is 0 Å². The van der Waals surface area contributed by atoms with Gasteiger partial charge in [-0.05, 0) is 34.6 Å². The molecular formula is C15H24NaO7. The number of hydrogen-bond acceptors (Lipinski definition) is 7. The summed E-state index contributed by atoms with van der Waals surface area (Å²) >= 11 is 0. The number of esters is 2. The molecule has 0 rings (SSSR count). The van der Waals surface area contributed by atoms with Crippen molar-refractivity contribution in [2.24, 2.45) is 5.92 Å². The molecule has 8 heteroatoms. The Balaban J connectivity index is -0.000000354. The van der Waals surface area contributed by atoms with E-state index in [4.69, 9.17) is 0 Å². The van der Waals surface area contributed by atoms with Crippen molar-refractivity contribution in [2.45, 2.75) is 47.5 Å². The molecular weight excluding hydrogens is 315 g/mol. The van der Waals surface area contributed by atoms with Gasteiger partial charge in [-0.2, -0.15) is 0 Å². The summed E-state index contributed by atoms with van der Waals surface area (Å²) in [4.78, 5) is 53.4. The van der Waals surface area contributed by atoms with Gasteiger partial charge in [0, 0.05) is 36.0 Å². The zero-order chi connectivity index (χ0) is 17.7. The smallest absolute Gasteiger partial charge is 0.316 e. The molecule has 0 aliphatic rings. The van der Waals surface area contributed by atoms with Gasteiger partial charge in [-0.25, -0.2) is 0 Å². The summed E-state index contributed by atoms with van der Waals surface area (Å²) < 4.78 is 9.15. The number of hydrogen-bond donors (Lipinski definition) is 0. The van der Waals surface area contributed by atoms with Crippen molar-refractivity contribution in [3.63, 3.8) is 0 Å². The Bertz CT molecular complexity index is 418. The Labute approximate surface area is 158 Å². The zero-order valence-corrected chi connectivity index (χ0v) is 16.8. The van der Waals surface area contributed by atoms with Crippen LogP contribution in [0.2, 0.25) is 0 Å². The normalized spacial score (nSPS) is 10.1. The van der Waals surface area contributed by atoms with Crippen LogP contribution in [0.1, 0.15) is 47.5 Å². The summed E-state index contributed by atoms with van der Waals surface area (Å²) in [5, 5.41) is 0. The third-order valence-corrected chi connectivity index (χ3v) is 2.25.